The standard InChI is InChI=1S/C14H16BrN3/c1-9-3-4-11(7-10(9)2)14-17-13(15)12-8-16-5-6-18(12)14/h3-4,7,16H,5-6,8H2,1-2H3. The molecule has 4 heteroatoms. The van der Waals surface area contributed by atoms with E-state index in [0.29, 0.717) is 0 Å². The van der Waals surface area contributed by atoms with E-state index >= 15 is 0 Å². The number of aryl methyl sites for hydroxylation is 2. The molecule has 94 valence electrons. The highest BCUT2D eigenvalue weighted by atomic mass is 79.9. The van der Waals surface area contributed by atoms with Crippen molar-refractivity contribution >= 4 is 15.9 Å². The second kappa shape index (κ2) is 4.52. The van der Waals surface area contributed by atoms with Crippen LogP contribution in [-0.2, 0) is 13.1 Å². The van der Waals surface area contributed by atoms with Crippen LogP contribution in [0.15, 0.2) is 22.8 Å². The Morgan fingerprint density at radius 1 is 1.28 bits per heavy atom. The molecule has 3 nitrogen and oxygen atoms in total. The van der Waals surface area contributed by atoms with Gasteiger partial charge in [0, 0.05) is 25.2 Å². The molecule has 0 atom stereocenters. The van der Waals surface area contributed by atoms with Crippen LogP contribution in [0.4, 0.5) is 0 Å². The Balaban J connectivity index is 2.14. The Labute approximate surface area is 115 Å². The normalized spacial score (nSPS) is 14.6. The van der Waals surface area contributed by atoms with Crippen LogP contribution < -0.4 is 5.32 Å². The number of fused-ring (bicyclic) bond motifs is 1. The summed E-state index contributed by atoms with van der Waals surface area (Å²) in [5.74, 6) is 1.07. The number of halogens is 1. The lowest BCUT2D eigenvalue weighted by Gasteiger charge is -2.18. The molecule has 0 spiro atoms. The minimum absolute atomic E-state index is 0.887. The van der Waals surface area contributed by atoms with Crippen molar-refractivity contribution in [2.45, 2.75) is 26.9 Å². The summed E-state index contributed by atoms with van der Waals surface area (Å²) in [4.78, 5) is 4.67. The number of aromatic nitrogens is 2. The van der Waals surface area contributed by atoms with Crippen LogP contribution in [0.1, 0.15) is 16.8 Å². The predicted octanol–water partition coefficient (Wildman–Crippen LogP) is 3.03. The second-order valence-electron chi connectivity index (χ2n) is 4.80. The smallest absolute Gasteiger partial charge is 0.141 e. The maximum absolute atomic E-state index is 4.67. The topological polar surface area (TPSA) is 29.9 Å². The van der Waals surface area contributed by atoms with Gasteiger partial charge in [-0.2, -0.15) is 0 Å². The number of nitrogens with one attached hydrogen (secondary N) is 1. The average molecular weight is 306 g/mol. The molecule has 1 aliphatic rings. The van der Waals surface area contributed by atoms with Crippen molar-refractivity contribution in [1.29, 1.82) is 0 Å². The van der Waals surface area contributed by atoms with Crippen LogP contribution in [0.25, 0.3) is 11.4 Å². The predicted molar refractivity (Wildman–Crippen MR) is 76.5 cm³/mol. The third-order valence-corrected chi connectivity index (χ3v) is 4.23. The molecule has 0 fully saturated rings. The maximum atomic E-state index is 4.67. The van der Waals surface area contributed by atoms with Crippen LogP contribution in [0.3, 0.4) is 0 Å². The van der Waals surface area contributed by atoms with E-state index in [0.717, 1.165) is 30.1 Å². The minimum Gasteiger partial charge on any atom is -0.325 e. The number of imidazole rings is 1. The molecule has 2 heterocycles. The van der Waals surface area contributed by atoms with Crippen molar-refractivity contribution in [2.24, 2.45) is 0 Å². The summed E-state index contributed by atoms with van der Waals surface area (Å²) in [6.07, 6.45) is 0. The number of benzene rings is 1. The van der Waals surface area contributed by atoms with Gasteiger partial charge < -0.3 is 9.88 Å². The van der Waals surface area contributed by atoms with E-state index in [4.69, 9.17) is 0 Å². The van der Waals surface area contributed by atoms with Gasteiger partial charge in [-0.05, 0) is 47.0 Å². The quantitative estimate of drug-likeness (QED) is 0.877. The van der Waals surface area contributed by atoms with Crippen molar-refractivity contribution < 1.29 is 0 Å². The molecule has 0 radical (unpaired) electrons. The Morgan fingerprint density at radius 3 is 2.89 bits per heavy atom. The molecule has 1 N–H and O–H groups in total. The van der Waals surface area contributed by atoms with E-state index in [2.05, 4.69) is 62.8 Å². The molecule has 18 heavy (non-hydrogen) atoms. The van der Waals surface area contributed by atoms with Crippen molar-refractivity contribution in [3.05, 3.63) is 39.6 Å². The van der Waals surface area contributed by atoms with Gasteiger partial charge in [0.1, 0.15) is 10.4 Å². The van der Waals surface area contributed by atoms with Crippen LogP contribution in [0.2, 0.25) is 0 Å². The molecule has 1 aromatic carbocycles. The van der Waals surface area contributed by atoms with Crippen LogP contribution in [0.5, 0.6) is 0 Å². The van der Waals surface area contributed by atoms with E-state index < -0.39 is 0 Å². The molecule has 0 amide bonds. The first-order chi connectivity index (χ1) is 8.66. The molecule has 1 aliphatic heterocycles. The molecule has 3 rings (SSSR count). The Bertz CT molecular complexity index is 601. The van der Waals surface area contributed by atoms with E-state index in [1.165, 1.54) is 22.4 Å². The zero-order chi connectivity index (χ0) is 12.7. The molecule has 0 unspecified atom stereocenters. The summed E-state index contributed by atoms with van der Waals surface area (Å²) in [5, 5.41) is 3.38. The molecule has 0 bridgehead atoms. The molecule has 0 aliphatic carbocycles. The molecule has 1 aromatic heterocycles. The second-order valence-corrected chi connectivity index (χ2v) is 5.55. The molecular weight excluding hydrogens is 290 g/mol. The van der Waals surface area contributed by atoms with E-state index in [1.807, 2.05) is 0 Å². The molecule has 0 saturated carbocycles. The van der Waals surface area contributed by atoms with Crippen LogP contribution in [0, 0.1) is 13.8 Å². The van der Waals surface area contributed by atoms with Crippen molar-refractivity contribution in [3.8, 4) is 11.4 Å². The van der Waals surface area contributed by atoms with Gasteiger partial charge in [0.2, 0.25) is 0 Å². The SMILES string of the molecule is Cc1ccc(-c2nc(Br)c3n2CCNC3)cc1C. The summed E-state index contributed by atoms with van der Waals surface area (Å²) < 4.78 is 3.27. The molecular formula is C14H16BrN3. The monoisotopic (exact) mass is 305 g/mol. The van der Waals surface area contributed by atoms with Crippen LogP contribution >= 0.6 is 15.9 Å². The summed E-state index contributed by atoms with van der Waals surface area (Å²) in [6.45, 7) is 7.16. The minimum atomic E-state index is 0.887. The largest absolute Gasteiger partial charge is 0.325 e. The number of hydrogen-bond acceptors (Lipinski definition) is 2. The lowest BCUT2D eigenvalue weighted by Crippen LogP contribution is -2.28. The molecule has 2 aromatic rings. The van der Waals surface area contributed by atoms with Crippen molar-refractivity contribution in [3.63, 3.8) is 0 Å². The van der Waals surface area contributed by atoms with E-state index in [-0.39, 0.29) is 0 Å². The average Bonchev–Trinajstić information content (AvgIpc) is 2.71. The fraction of sp³-hybridized carbons (Fsp3) is 0.357. The van der Waals surface area contributed by atoms with Gasteiger partial charge in [0.05, 0.1) is 5.69 Å². The highest BCUT2D eigenvalue weighted by Crippen LogP contribution is 2.28. The zero-order valence-electron chi connectivity index (χ0n) is 10.6. The fourth-order valence-corrected chi connectivity index (χ4v) is 2.89. The van der Waals surface area contributed by atoms with Gasteiger partial charge >= 0.3 is 0 Å². The number of rotatable bonds is 1. The third-order valence-electron chi connectivity index (χ3n) is 3.59. The summed E-state index contributed by atoms with van der Waals surface area (Å²) in [7, 11) is 0. The van der Waals surface area contributed by atoms with E-state index in [9.17, 15) is 0 Å². The summed E-state index contributed by atoms with van der Waals surface area (Å²) in [5.41, 5.74) is 5.08. The zero-order valence-corrected chi connectivity index (χ0v) is 12.2. The lowest BCUT2D eigenvalue weighted by molar-refractivity contribution is 0.518. The highest BCUT2D eigenvalue weighted by molar-refractivity contribution is 9.10. The van der Waals surface area contributed by atoms with E-state index in [1.54, 1.807) is 0 Å². The Kier molecular flexibility index (Phi) is 2.99. The number of hydrogen-bond donors (Lipinski definition) is 1. The lowest BCUT2D eigenvalue weighted by atomic mass is 10.1. The van der Waals surface area contributed by atoms with Gasteiger partial charge in [0.25, 0.3) is 0 Å². The van der Waals surface area contributed by atoms with Gasteiger partial charge in [-0.1, -0.05) is 12.1 Å². The third kappa shape index (κ3) is 1.89. The highest BCUT2D eigenvalue weighted by Gasteiger charge is 2.19. The van der Waals surface area contributed by atoms with Crippen molar-refractivity contribution in [1.82, 2.24) is 14.9 Å². The fourth-order valence-electron chi connectivity index (χ4n) is 2.36. The van der Waals surface area contributed by atoms with Crippen LogP contribution in [-0.4, -0.2) is 16.1 Å². The van der Waals surface area contributed by atoms with Gasteiger partial charge in [0.15, 0.2) is 0 Å². The number of nitrogens with zero attached hydrogens (tertiary/aromatic N) is 2. The van der Waals surface area contributed by atoms with Gasteiger partial charge in [-0.15, -0.1) is 0 Å². The Hall–Kier alpha value is -1.13. The first-order valence-corrected chi connectivity index (χ1v) is 6.99. The first kappa shape index (κ1) is 11.9. The Morgan fingerprint density at radius 2 is 2.11 bits per heavy atom. The van der Waals surface area contributed by atoms with Gasteiger partial charge in [-0.25, -0.2) is 4.98 Å². The summed E-state index contributed by atoms with van der Waals surface area (Å²) >= 11 is 3.56. The first-order valence-electron chi connectivity index (χ1n) is 6.20. The molecule has 0 saturated heterocycles. The summed E-state index contributed by atoms with van der Waals surface area (Å²) in [6, 6.07) is 6.55. The van der Waals surface area contributed by atoms with Crippen molar-refractivity contribution in [2.75, 3.05) is 6.54 Å². The maximum Gasteiger partial charge on any atom is 0.141 e. The van der Waals surface area contributed by atoms with Gasteiger partial charge in [-0.3, -0.25) is 0 Å².